The SMILES string of the molecule is CC(C)=CCOCC(=O)CCCC[C@@H]1CCSS1. The molecule has 1 aliphatic rings. The Bertz CT molecular complexity index is 267. The maximum absolute atomic E-state index is 11.5. The molecule has 104 valence electrons. The van der Waals surface area contributed by atoms with Crippen LogP contribution in [0.4, 0.5) is 0 Å². The van der Waals surface area contributed by atoms with Gasteiger partial charge in [-0.3, -0.25) is 4.79 Å². The zero-order valence-corrected chi connectivity index (χ0v) is 13.1. The van der Waals surface area contributed by atoms with Crippen LogP contribution in [0.25, 0.3) is 0 Å². The number of rotatable bonds is 9. The summed E-state index contributed by atoms with van der Waals surface area (Å²) in [5, 5.41) is 0.832. The quantitative estimate of drug-likeness (QED) is 0.360. The van der Waals surface area contributed by atoms with E-state index in [4.69, 9.17) is 4.74 Å². The summed E-state index contributed by atoms with van der Waals surface area (Å²) in [6.07, 6.45) is 7.49. The average Bonchev–Trinajstić information content (AvgIpc) is 2.83. The largest absolute Gasteiger partial charge is 0.370 e. The first kappa shape index (κ1) is 16.1. The van der Waals surface area contributed by atoms with Gasteiger partial charge in [-0.1, -0.05) is 39.7 Å². The summed E-state index contributed by atoms with van der Waals surface area (Å²) in [6, 6.07) is 0. The smallest absolute Gasteiger partial charge is 0.158 e. The van der Waals surface area contributed by atoms with Crippen LogP contribution in [-0.4, -0.2) is 30.0 Å². The lowest BCUT2D eigenvalue weighted by Gasteiger charge is -2.06. The lowest BCUT2D eigenvalue weighted by Crippen LogP contribution is -2.09. The molecule has 0 radical (unpaired) electrons. The van der Waals surface area contributed by atoms with Crippen molar-refractivity contribution in [3.63, 3.8) is 0 Å². The van der Waals surface area contributed by atoms with Crippen LogP contribution in [0.2, 0.25) is 0 Å². The lowest BCUT2D eigenvalue weighted by molar-refractivity contribution is -0.123. The molecule has 0 aromatic carbocycles. The van der Waals surface area contributed by atoms with Crippen molar-refractivity contribution < 1.29 is 9.53 Å². The molecule has 18 heavy (non-hydrogen) atoms. The van der Waals surface area contributed by atoms with E-state index >= 15 is 0 Å². The summed E-state index contributed by atoms with van der Waals surface area (Å²) in [7, 11) is 4.01. The van der Waals surface area contributed by atoms with Crippen molar-refractivity contribution in [1.29, 1.82) is 0 Å². The van der Waals surface area contributed by atoms with Gasteiger partial charge in [-0.25, -0.2) is 0 Å². The molecule has 1 fully saturated rings. The van der Waals surface area contributed by atoms with E-state index in [-0.39, 0.29) is 12.4 Å². The first-order valence-electron chi connectivity index (χ1n) is 6.69. The van der Waals surface area contributed by atoms with Gasteiger partial charge in [0.25, 0.3) is 0 Å². The highest BCUT2D eigenvalue weighted by Crippen LogP contribution is 2.39. The second kappa shape index (κ2) is 9.93. The van der Waals surface area contributed by atoms with Crippen molar-refractivity contribution >= 4 is 27.4 Å². The number of hydrogen-bond donors (Lipinski definition) is 0. The van der Waals surface area contributed by atoms with E-state index in [0.717, 1.165) is 11.7 Å². The van der Waals surface area contributed by atoms with Crippen molar-refractivity contribution in [1.82, 2.24) is 0 Å². The maximum Gasteiger partial charge on any atom is 0.158 e. The van der Waals surface area contributed by atoms with Gasteiger partial charge in [-0.2, -0.15) is 0 Å². The number of carbonyl (C=O) groups is 1. The molecular formula is C14H24O2S2. The monoisotopic (exact) mass is 288 g/mol. The van der Waals surface area contributed by atoms with Gasteiger partial charge in [0.2, 0.25) is 0 Å². The molecule has 4 heteroatoms. The molecule has 0 aromatic rings. The van der Waals surface area contributed by atoms with Crippen molar-refractivity contribution in [3.05, 3.63) is 11.6 Å². The fourth-order valence-electron chi connectivity index (χ4n) is 1.73. The first-order chi connectivity index (χ1) is 8.68. The Morgan fingerprint density at radius 3 is 2.89 bits per heavy atom. The predicted molar refractivity (Wildman–Crippen MR) is 82.2 cm³/mol. The average molecular weight is 288 g/mol. The van der Waals surface area contributed by atoms with Crippen molar-refractivity contribution in [2.75, 3.05) is 19.0 Å². The van der Waals surface area contributed by atoms with Gasteiger partial charge in [0, 0.05) is 17.4 Å². The molecule has 0 unspecified atom stereocenters. The Labute approximate surface area is 119 Å². The zero-order chi connectivity index (χ0) is 13.2. The number of Topliss-reactive ketones (excluding diaryl/α,β-unsaturated/α-hetero) is 1. The Hall–Kier alpha value is 0.0700. The summed E-state index contributed by atoms with van der Waals surface area (Å²) < 4.78 is 5.30. The Morgan fingerprint density at radius 1 is 1.39 bits per heavy atom. The van der Waals surface area contributed by atoms with Crippen LogP contribution < -0.4 is 0 Å². The van der Waals surface area contributed by atoms with Crippen LogP contribution in [0.15, 0.2) is 11.6 Å². The maximum atomic E-state index is 11.5. The molecular weight excluding hydrogens is 264 g/mol. The van der Waals surface area contributed by atoms with E-state index in [0.29, 0.717) is 13.0 Å². The topological polar surface area (TPSA) is 26.3 Å². The second-order valence-corrected chi connectivity index (χ2v) is 7.70. The van der Waals surface area contributed by atoms with Gasteiger partial charge in [-0.05, 0) is 33.1 Å². The van der Waals surface area contributed by atoms with Gasteiger partial charge in [-0.15, -0.1) is 0 Å². The normalized spacial score (nSPS) is 18.9. The summed E-state index contributed by atoms with van der Waals surface area (Å²) >= 11 is 0. The molecule has 1 aliphatic heterocycles. The second-order valence-electron chi connectivity index (χ2n) is 4.91. The molecule has 1 saturated heterocycles. The lowest BCUT2D eigenvalue weighted by atomic mass is 10.1. The molecule has 2 nitrogen and oxygen atoms in total. The van der Waals surface area contributed by atoms with E-state index in [1.165, 1.54) is 30.6 Å². The Morgan fingerprint density at radius 2 is 2.22 bits per heavy atom. The van der Waals surface area contributed by atoms with Gasteiger partial charge < -0.3 is 4.74 Å². The van der Waals surface area contributed by atoms with Gasteiger partial charge in [0.1, 0.15) is 6.61 Å². The van der Waals surface area contributed by atoms with Gasteiger partial charge in [0.15, 0.2) is 5.78 Å². The fraction of sp³-hybridized carbons (Fsp3) is 0.786. The standard InChI is InChI=1S/C14H24O2S2/c1-12(2)7-9-16-11-13(15)5-3-4-6-14-8-10-17-18-14/h7,14H,3-6,8-11H2,1-2H3/t14-/m1/s1. The summed E-state index contributed by atoms with van der Waals surface area (Å²) in [5.74, 6) is 1.54. The van der Waals surface area contributed by atoms with E-state index < -0.39 is 0 Å². The molecule has 0 amide bonds. The van der Waals surface area contributed by atoms with Crippen LogP contribution in [0.5, 0.6) is 0 Å². The number of ether oxygens (including phenoxy) is 1. The van der Waals surface area contributed by atoms with E-state index in [2.05, 4.69) is 0 Å². The first-order valence-corrected chi connectivity index (χ1v) is 9.08. The minimum Gasteiger partial charge on any atom is -0.370 e. The van der Waals surface area contributed by atoms with E-state index in [1.54, 1.807) is 0 Å². The third-order valence-corrected chi connectivity index (χ3v) is 5.84. The highest BCUT2D eigenvalue weighted by molar-refractivity contribution is 8.77. The number of hydrogen-bond acceptors (Lipinski definition) is 4. The molecule has 0 spiro atoms. The minimum absolute atomic E-state index is 0.241. The van der Waals surface area contributed by atoms with Crippen LogP contribution >= 0.6 is 21.6 Å². The number of carbonyl (C=O) groups excluding carboxylic acids is 1. The molecule has 0 bridgehead atoms. The van der Waals surface area contributed by atoms with Gasteiger partial charge >= 0.3 is 0 Å². The summed E-state index contributed by atoms with van der Waals surface area (Å²) in [4.78, 5) is 11.5. The van der Waals surface area contributed by atoms with Crippen molar-refractivity contribution in [2.24, 2.45) is 0 Å². The number of unbranched alkanes of at least 4 members (excludes halogenated alkanes) is 1. The third kappa shape index (κ3) is 8.22. The van der Waals surface area contributed by atoms with E-state index in [1.807, 2.05) is 41.5 Å². The molecule has 0 aromatic heterocycles. The molecule has 1 heterocycles. The van der Waals surface area contributed by atoms with E-state index in [9.17, 15) is 4.79 Å². The van der Waals surface area contributed by atoms with Crippen LogP contribution in [0.3, 0.4) is 0 Å². The van der Waals surface area contributed by atoms with Crippen LogP contribution in [0.1, 0.15) is 46.0 Å². The Kier molecular flexibility index (Phi) is 8.90. The molecule has 1 rings (SSSR count). The number of allylic oxidation sites excluding steroid dienone is 1. The molecule has 0 saturated carbocycles. The fourth-order valence-corrected chi connectivity index (χ4v) is 4.76. The van der Waals surface area contributed by atoms with Crippen molar-refractivity contribution in [3.8, 4) is 0 Å². The van der Waals surface area contributed by atoms with Crippen molar-refractivity contribution in [2.45, 2.75) is 51.2 Å². The predicted octanol–water partition coefficient (Wildman–Crippen LogP) is 4.25. The zero-order valence-electron chi connectivity index (χ0n) is 11.4. The Balaban J connectivity index is 1.91. The highest BCUT2D eigenvalue weighted by Gasteiger charge is 2.15. The molecule has 1 atom stereocenters. The number of ketones is 1. The minimum atomic E-state index is 0.241. The molecule has 0 N–H and O–H groups in total. The third-order valence-electron chi connectivity index (χ3n) is 2.83. The molecule has 0 aliphatic carbocycles. The summed E-state index contributed by atoms with van der Waals surface area (Å²) in [5.41, 5.74) is 1.23. The van der Waals surface area contributed by atoms with Gasteiger partial charge in [0.05, 0.1) is 6.61 Å². The van der Waals surface area contributed by atoms with Crippen LogP contribution in [-0.2, 0) is 9.53 Å². The summed E-state index contributed by atoms with van der Waals surface area (Å²) in [6.45, 7) is 4.90. The highest BCUT2D eigenvalue weighted by atomic mass is 33.1. The van der Waals surface area contributed by atoms with Crippen LogP contribution in [0, 0.1) is 0 Å².